The van der Waals surface area contributed by atoms with Crippen molar-refractivity contribution in [2.24, 2.45) is 5.92 Å². The van der Waals surface area contributed by atoms with Crippen molar-refractivity contribution >= 4 is 28.8 Å². The molecule has 1 aromatic heterocycles. The second kappa shape index (κ2) is 9.50. The van der Waals surface area contributed by atoms with Crippen LogP contribution in [0.25, 0.3) is 0 Å². The number of carbonyl (C=O) groups excluding carboxylic acids is 2. The monoisotopic (exact) mass is 488 g/mol. The molecule has 3 aromatic rings. The number of hydrogen-bond donors (Lipinski definition) is 1. The topological polar surface area (TPSA) is 58.6 Å². The van der Waals surface area contributed by atoms with Gasteiger partial charge in [0.2, 0.25) is 5.91 Å². The van der Waals surface area contributed by atoms with Gasteiger partial charge in [0.1, 0.15) is 5.75 Å². The van der Waals surface area contributed by atoms with E-state index in [9.17, 15) is 22.8 Å². The van der Waals surface area contributed by atoms with E-state index >= 15 is 0 Å². The molecular formula is C25H23F3N2O3S. The molecule has 0 spiro atoms. The number of benzene rings is 2. The molecule has 2 atom stereocenters. The van der Waals surface area contributed by atoms with Gasteiger partial charge in [0.15, 0.2) is 0 Å². The normalized spacial score (nSPS) is 18.1. The van der Waals surface area contributed by atoms with Crippen LogP contribution < -0.4 is 10.1 Å². The molecule has 0 fully saturated rings. The molecule has 1 aliphatic rings. The molecular weight excluding hydrogens is 465 g/mol. The van der Waals surface area contributed by atoms with Crippen LogP contribution in [0.4, 0.5) is 18.9 Å². The van der Waals surface area contributed by atoms with Crippen LogP contribution in [0.1, 0.15) is 46.6 Å². The number of rotatable bonds is 6. The van der Waals surface area contributed by atoms with E-state index in [1.165, 1.54) is 23.5 Å². The van der Waals surface area contributed by atoms with Gasteiger partial charge in [0.25, 0.3) is 5.91 Å². The highest BCUT2D eigenvalue weighted by Gasteiger charge is 2.44. The lowest BCUT2D eigenvalue weighted by Crippen LogP contribution is -2.47. The Morgan fingerprint density at radius 1 is 1.09 bits per heavy atom. The first-order valence-corrected chi connectivity index (χ1v) is 11.6. The van der Waals surface area contributed by atoms with Crippen molar-refractivity contribution in [3.05, 3.63) is 82.0 Å². The summed E-state index contributed by atoms with van der Waals surface area (Å²) >= 11 is 1.47. The second-order valence-electron chi connectivity index (χ2n) is 8.44. The highest BCUT2D eigenvalue weighted by atomic mass is 32.1. The summed E-state index contributed by atoms with van der Waals surface area (Å²) in [5.74, 6) is -1.37. The zero-order valence-electron chi connectivity index (χ0n) is 18.5. The Labute approximate surface area is 199 Å². The predicted octanol–water partition coefficient (Wildman–Crippen LogP) is 6.22. The summed E-state index contributed by atoms with van der Waals surface area (Å²) in [6, 6.07) is 15.3. The van der Waals surface area contributed by atoms with E-state index in [4.69, 9.17) is 0 Å². The van der Waals surface area contributed by atoms with Crippen molar-refractivity contribution in [2.45, 2.75) is 32.2 Å². The fraction of sp³-hybridized carbons (Fsp3) is 0.280. The molecule has 0 saturated carbocycles. The Morgan fingerprint density at radius 3 is 2.41 bits per heavy atom. The molecule has 9 heteroatoms. The van der Waals surface area contributed by atoms with E-state index in [0.717, 1.165) is 17.0 Å². The van der Waals surface area contributed by atoms with Gasteiger partial charge in [-0.3, -0.25) is 9.59 Å². The molecule has 1 aliphatic heterocycles. The standard InChI is InChI=1S/C25H23F3N2O3S/c1-15(2)14-30-22(20-8-5-13-34-20)21(18-6-3-4-7-19(18)24(30)32)23(31)29-16-9-11-17(12-10-16)33-25(26,27)28/h3-13,15,21-22H,14H2,1-2H3,(H,29,31)/t21-,22+/m0/s1. The van der Waals surface area contributed by atoms with Crippen LogP contribution >= 0.6 is 11.3 Å². The fourth-order valence-electron chi connectivity index (χ4n) is 4.21. The van der Waals surface area contributed by atoms with Crippen LogP contribution in [0.3, 0.4) is 0 Å². The van der Waals surface area contributed by atoms with Gasteiger partial charge in [-0.15, -0.1) is 24.5 Å². The number of nitrogens with one attached hydrogen (secondary N) is 1. The first kappa shape index (κ1) is 23.8. The molecule has 1 N–H and O–H groups in total. The van der Waals surface area contributed by atoms with E-state index in [0.29, 0.717) is 23.4 Å². The van der Waals surface area contributed by atoms with Crippen LogP contribution in [-0.2, 0) is 4.79 Å². The number of halogens is 3. The summed E-state index contributed by atoms with van der Waals surface area (Å²) in [5, 5.41) is 4.72. The molecule has 2 heterocycles. The molecule has 0 unspecified atom stereocenters. The van der Waals surface area contributed by atoms with Crippen molar-refractivity contribution in [3.8, 4) is 5.75 Å². The molecule has 0 bridgehead atoms. The van der Waals surface area contributed by atoms with E-state index in [1.54, 1.807) is 29.2 Å². The average Bonchev–Trinajstić information content (AvgIpc) is 3.30. The van der Waals surface area contributed by atoms with Gasteiger partial charge in [-0.05, 0) is 53.3 Å². The van der Waals surface area contributed by atoms with Crippen molar-refractivity contribution in [2.75, 3.05) is 11.9 Å². The van der Waals surface area contributed by atoms with Crippen LogP contribution in [0.2, 0.25) is 0 Å². The predicted molar refractivity (Wildman–Crippen MR) is 124 cm³/mol. The van der Waals surface area contributed by atoms with Crippen molar-refractivity contribution < 1.29 is 27.5 Å². The summed E-state index contributed by atoms with van der Waals surface area (Å²) in [5.41, 5.74) is 1.43. The number of anilines is 1. The number of fused-ring (bicyclic) bond motifs is 1. The number of hydrogen-bond acceptors (Lipinski definition) is 4. The minimum atomic E-state index is -4.79. The third-order valence-electron chi connectivity index (χ3n) is 5.47. The molecule has 0 radical (unpaired) electrons. The van der Waals surface area contributed by atoms with Crippen LogP contribution in [0.15, 0.2) is 66.0 Å². The summed E-state index contributed by atoms with van der Waals surface area (Å²) in [4.78, 5) is 29.7. The van der Waals surface area contributed by atoms with Crippen molar-refractivity contribution in [3.63, 3.8) is 0 Å². The smallest absolute Gasteiger partial charge is 0.406 e. The molecule has 0 aliphatic carbocycles. The number of alkyl halides is 3. The largest absolute Gasteiger partial charge is 0.573 e. The first-order chi connectivity index (χ1) is 16.1. The van der Waals surface area contributed by atoms with E-state index in [1.807, 2.05) is 31.4 Å². The van der Waals surface area contributed by atoms with Gasteiger partial charge in [0, 0.05) is 22.7 Å². The average molecular weight is 489 g/mol. The summed E-state index contributed by atoms with van der Waals surface area (Å²) < 4.78 is 41.2. The highest BCUT2D eigenvalue weighted by molar-refractivity contribution is 7.10. The number of ether oxygens (including phenoxy) is 1. The lowest BCUT2D eigenvalue weighted by atomic mass is 9.81. The van der Waals surface area contributed by atoms with Gasteiger partial charge in [-0.25, -0.2) is 0 Å². The van der Waals surface area contributed by atoms with E-state index in [2.05, 4.69) is 10.1 Å². The number of thiophene rings is 1. The fourth-order valence-corrected chi connectivity index (χ4v) is 5.08. The number of amides is 2. The zero-order valence-corrected chi connectivity index (χ0v) is 19.3. The van der Waals surface area contributed by atoms with Crippen LogP contribution in [0.5, 0.6) is 5.75 Å². The Hall–Kier alpha value is -3.33. The van der Waals surface area contributed by atoms with Gasteiger partial charge < -0.3 is 15.0 Å². The van der Waals surface area contributed by atoms with E-state index < -0.39 is 18.3 Å². The Kier molecular flexibility index (Phi) is 6.65. The maximum atomic E-state index is 13.6. The van der Waals surface area contributed by atoms with E-state index in [-0.39, 0.29) is 23.5 Å². The van der Waals surface area contributed by atoms with Gasteiger partial charge >= 0.3 is 6.36 Å². The summed E-state index contributed by atoms with van der Waals surface area (Å²) in [7, 11) is 0. The third kappa shape index (κ3) is 5.09. The van der Waals surface area contributed by atoms with Crippen molar-refractivity contribution in [1.82, 2.24) is 4.90 Å². The van der Waals surface area contributed by atoms with Gasteiger partial charge in [0.05, 0.1) is 12.0 Å². The van der Waals surface area contributed by atoms with Crippen molar-refractivity contribution in [1.29, 1.82) is 0 Å². The molecule has 5 nitrogen and oxygen atoms in total. The SMILES string of the molecule is CC(C)CN1C(=O)c2ccccc2[C@H](C(=O)Nc2ccc(OC(F)(F)F)cc2)[C@H]1c1cccs1. The minimum Gasteiger partial charge on any atom is -0.406 e. The lowest BCUT2D eigenvalue weighted by Gasteiger charge is -2.42. The third-order valence-corrected chi connectivity index (χ3v) is 6.42. The number of carbonyl (C=O) groups is 2. The molecule has 178 valence electrons. The van der Waals surface area contributed by atoms with Gasteiger partial charge in [-0.1, -0.05) is 38.1 Å². The summed E-state index contributed by atoms with van der Waals surface area (Å²) in [6.07, 6.45) is -4.79. The second-order valence-corrected chi connectivity index (χ2v) is 9.42. The molecule has 34 heavy (non-hydrogen) atoms. The molecule has 0 saturated heterocycles. The highest BCUT2D eigenvalue weighted by Crippen LogP contribution is 2.45. The maximum Gasteiger partial charge on any atom is 0.573 e. The molecule has 2 amide bonds. The Morgan fingerprint density at radius 2 is 1.79 bits per heavy atom. The number of nitrogens with zero attached hydrogens (tertiary/aromatic N) is 1. The van der Waals surface area contributed by atoms with Crippen LogP contribution in [-0.4, -0.2) is 29.6 Å². The zero-order chi connectivity index (χ0) is 24.5. The maximum absolute atomic E-state index is 13.6. The summed E-state index contributed by atoms with van der Waals surface area (Å²) in [6.45, 7) is 4.50. The first-order valence-electron chi connectivity index (χ1n) is 10.7. The minimum absolute atomic E-state index is 0.125. The lowest BCUT2D eigenvalue weighted by molar-refractivity contribution is -0.274. The molecule has 2 aromatic carbocycles. The van der Waals surface area contributed by atoms with Gasteiger partial charge in [-0.2, -0.15) is 0 Å². The Bertz CT molecular complexity index is 1160. The van der Waals surface area contributed by atoms with Crippen LogP contribution in [0, 0.1) is 5.92 Å². The Balaban J connectivity index is 1.70. The quantitative estimate of drug-likeness (QED) is 0.448. The molecule has 4 rings (SSSR count).